The van der Waals surface area contributed by atoms with Crippen molar-refractivity contribution in [3.63, 3.8) is 0 Å². The van der Waals surface area contributed by atoms with Crippen molar-refractivity contribution in [2.24, 2.45) is 0 Å². The van der Waals surface area contributed by atoms with E-state index in [1.54, 1.807) is 0 Å². The Bertz CT molecular complexity index is 1060. The number of amides is 2. The van der Waals surface area contributed by atoms with E-state index >= 15 is 0 Å². The van der Waals surface area contributed by atoms with Crippen LogP contribution in [0.3, 0.4) is 0 Å². The molecule has 1 aliphatic rings. The fourth-order valence-electron chi connectivity index (χ4n) is 4.55. The third-order valence-electron chi connectivity index (χ3n) is 6.58. The van der Waals surface area contributed by atoms with E-state index in [9.17, 15) is 14.4 Å². The second-order valence-corrected chi connectivity index (χ2v) is 10.9. The van der Waals surface area contributed by atoms with E-state index in [4.69, 9.17) is 9.47 Å². The molecular formula is C31H42N2O5. The summed E-state index contributed by atoms with van der Waals surface area (Å²) in [5, 5.41) is 3.28. The lowest BCUT2D eigenvalue weighted by atomic mass is 9.99. The van der Waals surface area contributed by atoms with Crippen LogP contribution in [-0.2, 0) is 38.5 Å². The zero-order valence-electron chi connectivity index (χ0n) is 23.2. The zero-order chi connectivity index (χ0) is 27.5. The van der Waals surface area contributed by atoms with Gasteiger partial charge in [0.05, 0.1) is 6.04 Å². The highest BCUT2D eigenvalue weighted by Crippen LogP contribution is 2.18. The monoisotopic (exact) mass is 522 g/mol. The molecule has 0 saturated carbocycles. The van der Waals surface area contributed by atoms with E-state index < -0.39 is 29.7 Å². The van der Waals surface area contributed by atoms with Crippen LogP contribution in [0.2, 0.25) is 0 Å². The van der Waals surface area contributed by atoms with Crippen molar-refractivity contribution in [1.82, 2.24) is 10.2 Å². The standard InChI is InChI=1S/C31H42N2O5/c1-5-23-15-12-16-24(21-23)18-19-27(29(35)38-31(2,3)4)32-26-17-10-7-11-20-33(28(26)34)30(36)37-22-25-13-8-6-9-14-25/h6,8-9,12-16,21,26-27,32H,5,7,10-11,17-20,22H2,1-4H3. The van der Waals surface area contributed by atoms with Gasteiger partial charge in [0.1, 0.15) is 18.2 Å². The average molecular weight is 523 g/mol. The summed E-state index contributed by atoms with van der Waals surface area (Å²) in [7, 11) is 0. The number of hydrogen-bond acceptors (Lipinski definition) is 6. The number of carbonyl (C=O) groups excluding carboxylic acids is 3. The molecule has 7 heteroatoms. The highest BCUT2D eigenvalue weighted by atomic mass is 16.6. The second-order valence-electron chi connectivity index (χ2n) is 10.9. The average Bonchev–Trinajstić information content (AvgIpc) is 2.88. The minimum absolute atomic E-state index is 0.0961. The van der Waals surface area contributed by atoms with Crippen molar-refractivity contribution >= 4 is 18.0 Å². The van der Waals surface area contributed by atoms with Crippen molar-refractivity contribution in [1.29, 1.82) is 0 Å². The second kappa shape index (κ2) is 14.1. The summed E-state index contributed by atoms with van der Waals surface area (Å²) in [6, 6.07) is 16.3. The molecule has 1 saturated heterocycles. The molecule has 0 spiro atoms. The minimum atomic E-state index is -0.685. The van der Waals surface area contributed by atoms with Crippen LogP contribution in [0.25, 0.3) is 0 Å². The number of carbonyl (C=O) groups is 3. The SMILES string of the molecule is CCc1cccc(CCC(NC2CCCCCN(C(=O)OCc3ccccc3)C2=O)C(=O)OC(C)(C)C)c1. The molecule has 2 aromatic carbocycles. The lowest BCUT2D eigenvalue weighted by Crippen LogP contribution is -2.55. The molecule has 3 rings (SSSR count). The summed E-state index contributed by atoms with van der Waals surface area (Å²) in [4.78, 5) is 40.9. The molecule has 7 nitrogen and oxygen atoms in total. The maximum absolute atomic E-state index is 13.6. The number of imide groups is 1. The molecule has 0 bridgehead atoms. The maximum atomic E-state index is 13.6. The van der Waals surface area contributed by atoms with Gasteiger partial charge in [-0.2, -0.15) is 0 Å². The maximum Gasteiger partial charge on any atom is 0.416 e. The molecule has 1 aliphatic heterocycles. The minimum Gasteiger partial charge on any atom is -0.459 e. The first kappa shape index (κ1) is 29.4. The van der Waals surface area contributed by atoms with Gasteiger partial charge in [0.2, 0.25) is 5.91 Å². The van der Waals surface area contributed by atoms with Crippen molar-refractivity contribution in [2.75, 3.05) is 6.54 Å². The number of ether oxygens (including phenoxy) is 2. The summed E-state index contributed by atoms with van der Waals surface area (Å²) < 4.78 is 11.2. The van der Waals surface area contributed by atoms with Crippen LogP contribution in [0, 0.1) is 0 Å². The van der Waals surface area contributed by atoms with Crippen molar-refractivity contribution in [2.45, 2.75) is 96.9 Å². The van der Waals surface area contributed by atoms with Crippen molar-refractivity contribution in [3.05, 3.63) is 71.3 Å². The molecule has 38 heavy (non-hydrogen) atoms. The van der Waals surface area contributed by atoms with Gasteiger partial charge in [0.15, 0.2) is 0 Å². The normalized spacial score (nSPS) is 17.3. The molecule has 0 radical (unpaired) electrons. The Balaban J connectivity index is 1.73. The largest absolute Gasteiger partial charge is 0.459 e. The first-order chi connectivity index (χ1) is 18.2. The van der Waals surface area contributed by atoms with Gasteiger partial charge in [-0.1, -0.05) is 74.4 Å². The molecule has 1 N–H and O–H groups in total. The number of aryl methyl sites for hydroxylation is 2. The van der Waals surface area contributed by atoms with E-state index in [1.165, 1.54) is 10.5 Å². The van der Waals surface area contributed by atoms with Gasteiger partial charge in [-0.3, -0.25) is 14.9 Å². The predicted molar refractivity (Wildman–Crippen MR) is 148 cm³/mol. The van der Waals surface area contributed by atoms with Gasteiger partial charge in [0, 0.05) is 6.54 Å². The first-order valence-corrected chi connectivity index (χ1v) is 13.7. The number of benzene rings is 2. The molecule has 1 fully saturated rings. The van der Waals surface area contributed by atoms with Crippen LogP contribution >= 0.6 is 0 Å². The third-order valence-corrected chi connectivity index (χ3v) is 6.58. The van der Waals surface area contributed by atoms with E-state index in [1.807, 2.05) is 57.2 Å². The molecule has 1 heterocycles. The van der Waals surface area contributed by atoms with Crippen LogP contribution in [0.5, 0.6) is 0 Å². The Labute approximate surface area is 226 Å². The fourth-order valence-corrected chi connectivity index (χ4v) is 4.55. The van der Waals surface area contributed by atoms with Crippen LogP contribution in [0.1, 0.15) is 76.5 Å². The summed E-state index contributed by atoms with van der Waals surface area (Å²) in [5.41, 5.74) is 2.57. The molecule has 2 aromatic rings. The van der Waals surface area contributed by atoms with Crippen LogP contribution in [0.4, 0.5) is 4.79 Å². The zero-order valence-corrected chi connectivity index (χ0v) is 23.2. The highest BCUT2D eigenvalue weighted by Gasteiger charge is 2.35. The van der Waals surface area contributed by atoms with Crippen LogP contribution in [-0.4, -0.2) is 47.1 Å². The first-order valence-electron chi connectivity index (χ1n) is 13.7. The van der Waals surface area contributed by atoms with E-state index in [-0.39, 0.29) is 12.5 Å². The molecule has 206 valence electrons. The number of nitrogens with one attached hydrogen (secondary N) is 1. The van der Waals surface area contributed by atoms with E-state index in [0.29, 0.717) is 25.8 Å². The topological polar surface area (TPSA) is 84.9 Å². The number of nitrogens with zero attached hydrogens (tertiary/aromatic N) is 1. The number of rotatable bonds is 9. The summed E-state index contributed by atoms with van der Waals surface area (Å²) in [5.74, 6) is -0.749. The van der Waals surface area contributed by atoms with Gasteiger partial charge in [-0.25, -0.2) is 9.69 Å². The molecule has 0 aliphatic carbocycles. The van der Waals surface area contributed by atoms with Crippen LogP contribution in [0.15, 0.2) is 54.6 Å². The van der Waals surface area contributed by atoms with Gasteiger partial charge in [0.25, 0.3) is 0 Å². The van der Waals surface area contributed by atoms with Crippen molar-refractivity contribution in [3.8, 4) is 0 Å². The third kappa shape index (κ3) is 9.28. The Morgan fingerprint density at radius 1 is 1.00 bits per heavy atom. The quantitative estimate of drug-likeness (QED) is 0.432. The number of hydrogen-bond donors (Lipinski definition) is 1. The molecule has 0 aromatic heterocycles. The molecule has 2 unspecified atom stereocenters. The summed E-state index contributed by atoms with van der Waals surface area (Å²) >= 11 is 0. The van der Waals surface area contributed by atoms with Gasteiger partial charge < -0.3 is 9.47 Å². The fraction of sp³-hybridized carbons (Fsp3) is 0.516. The summed E-state index contributed by atoms with van der Waals surface area (Å²) in [6.45, 7) is 8.00. The predicted octanol–water partition coefficient (Wildman–Crippen LogP) is 5.59. The van der Waals surface area contributed by atoms with Gasteiger partial charge >= 0.3 is 12.1 Å². The molecule has 2 amide bonds. The Kier molecular flexibility index (Phi) is 10.9. The summed E-state index contributed by atoms with van der Waals surface area (Å²) in [6.07, 6.45) is 4.39. The molecular weight excluding hydrogens is 480 g/mol. The number of esters is 1. The van der Waals surface area contributed by atoms with Crippen molar-refractivity contribution < 1.29 is 23.9 Å². The number of likely N-dealkylation sites (tertiary alicyclic amines) is 1. The lowest BCUT2D eigenvalue weighted by Gasteiger charge is -2.31. The lowest BCUT2D eigenvalue weighted by molar-refractivity contribution is -0.158. The highest BCUT2D eigenvalue weighted by molar-refractivity contribution is 5.95. The van der Waals surface area contributed by atoms with Gasteiger partial charge in [-0.15, -0.1) is 0 Å². The van der Waals surface area contributed by atoms with Crippen LogP contribution < -0.4 is 5.32 Å². The van der Waals surface area contributed by atoms with E-state index in [2.05, 4.69) is 30.4 Å². The Hall–Kier alpha value is -3.19. The Morgan fingerprint density at radius 3 is 2.42 bits per heavy atom. The van der Waals surface area contributed by atoms with Gasteiger partial charge in [-0.05, 0) is 69.6 Å². The Morgan fingerprint density at radius 2 is 1.71 bits per heavy atom. The van der Waals surface area contributed by atoms with E-state index in [0.717, 1.165) is 36.8 Å². The molecule has 2 atom stereocenters. The smallest absolute Gasteiger partial charge is 0.416 e.